The molecule has 2 heterocycles. The molecular weight excluding hydrogens is 358 g/mol. The summed E-state index contributed by atoms with van der Waals surface area (Å²) in [6, 6.07) is 8.44. The van der Waals surface area contributed by atoms with E-state index in [1.54, 1.807) is 0 Å². The number of anilines is 1. The van der Waals surface area contributed by atoms with Gasteiger partial charge in [-0.1, -0.05) is 42.1 Å². The fraction of sp³-hybridized carbons (Fsp3) is 0.476. The quantitative estimate of drug-likeness (QED) is 0.818. The van der Waals surface area contributed by atoms with Crippen molar-refractivity contribution in [1.82, 2.24) is 5.32 Å². The van der Waals surface area contributed by atoms with Gasteiger partial charge < -0.3 is 10.2 Å². The molecule has 2 aliphatic heterocycles. The molecule has 4 unspecified atom stereocenters. The monoisotopic (exact) mass is 381 g/mol. The first-order valence-corrected chi connectivity index (χ1v) is 10.7. The van der Waals surface area contributed by atoms with Crippen LogP contribution in [0.1, 0.15) is 31.2 Å². The van der Waals surface area contributed by atoms with Crippen molar-refractivity contribution in [1.29, 1.82) is 0 Å². The number of carbonyl (C=O) groups excluding carboxylic acids is 2. The Morgan fingerprint density at radius 3 is 2.96 bits per heavy atom. The van der Waals surface area contributed by atoms with E-state index in [4.69, 9.17) is 0 Å². The fourth-order valence-electron chi connectivity index (χ4n) is 4.75. The van der Waals surface area contributed by atoms with Gasteiger partial charge in [0.15, 0.2) is 5.17 Å². The maximum absolute atomic E-state index is 12.9. The first kappa shape index (κ1) is 17.0. The topological polar surface area (TPSA) is 61.8 Å². The Balaban J connectivity index is 1.22. The highest BCUT2D eigenvalue weighted by atomic mass is 32.2. The zero-order chi connectivity index (χ0) is 18.4. The largest absolute Gasteiger partial charge is 0.361 e. The van der Waals surface area contributed by atoms with Crippen LogP contribution in [0.25, 0.3) is 0 Å². The molecule has 5 nitrogen and oxygen atoms in total. The van der Waals surface area contributed by atoms with Crippen LogP contribution in [0.4, 0.5) is 5.69 Å². The summed E-state index contributed by atoms with van der Waals surface area (Å²) < 4.78 is 0. The maximum atomic E-state index is 12.9. The first-order chi connectivity index (χ1) is 13.2. The summed E-state index contributed by atoms with van der Waals surface area (Å²) in [6.07, 6.45) is 9.09. The van der Waals surface area contributed by atoms with Crippen molar-refractivity contribution in [3.8, 4) is 0 Å². The lowest BCUT2D eigenvalue weighted by Gasteiger charge is -2.30. The van der Waals surface area contributed by atoms with Crippen molar-refractivity contribution >= 4 is 34.4 Å². The molecule has 0 spiro atoms. The van der Waals surface area contributed by atoms with Gasteiger partial charge in [-0.05, 0) is 49.1 Å². The van der Waals surface area contributed by atoms with Crippen LogP contribution in [-0.4, -0.2) is 34.8 Å². The summed E-state index contributed by atoms with van der Waals surface area (Å²) in [7, 11) is 0. The molecule has 1 saturated carbocycles. The number of hydrogen-bond acceptors (Lipinski definition) is 4. The third kappa shape index (κ3) is 3.20. The fourth-order valence-corrected chi connectivity index (χ4v) is 5.76. The minimum absolute atomic E-state index is 0.0207. The van der Waals surface area contributed by atoms with E-state index in [1.165, 1.54) is 23.7 Å². The zero-order valence-corrected chi connectivity index (χ0v) is 16.0. The molecule has 1 fully saturated rings. The predicted molar refractivity (Wildman–Crippen MR) is 108 cm³/mol. The number of para-hydroxylation sites is 1. The van der Waals surface area contributed by atoms with Gasteiger partial charge in [0, 0.05) is 24.7 Å². The van der Waals surface area contributed by atoms with E-state index >= 15 is 0 Å². The SMILES string of the molecule is O=C1N=C(NC2CC3C=CC2C3)SC1CC(=O)N1CCCc2ccccc21. The number of thioether (sulfide) groups is 1. The third-order valence-electron chi connectivity index (χ3n) is 6.10. The van der Waals surface area contributed by atoms with Gasteiger partial charge in [-0.25, -0.2) is 0 Å². The summed E-state index contributed by atoms with van der Waals surface area (Å²) in [4.78, 5) is 31.3. The molecule has 6 heteroatoms. The summed E-state index contributed by atoms with van der Waals surface area (Å²) in [5.74, 6) is 1.07. The number of aryl methyl sites for hydroxylation is 1. The number of benzene rings is 1. The molecule has 4 aliphatic rings. The Bertz CT molecular complexity index is 850. The van der Waals surface area contributed by atoms with Gasteiger partial charge >= 0.3 is 0 Å². The minimum Gasteiger partial charge on any atom is -0.361 e. The van der Waals surface area contributed by atoms with E-state index in [0.29, 0.717) is 23.0 Å². The molecular formula is C21H23N3O2S. The summed E-state index contributed by atoms with van der Waals surface area (Å²) in [6.45, 7) is 0.727. The molecule has 5 rings (SSSR count). The Labute approximate surface area is 163 Å². The Morgan fingerprint density at radius 1 is 1.26 bits per heavy atom. The Hall–Kier alpha value is -2.08. The molecule has 1 aromatic rings. The molecule has 140 valence electrons. The van der Waals surface area contributed by atoms with Crippen LogP contribution in [0.5, 0.6) is 0 Å². The lowest BCUT2D eigenvalue weighted by molar-refractivity contribution is -0.122. The number of allylic oxidation sites excluding steroid dienone is 1. The molecule has 1 N–H and O–H groups in total. The number of rotatable bonds is 3. The number of aliphatic imine (C=N–C) groups is 1. The van der Waals surface area contributed by atoms with Crippen LogP contribution in [-0.2, 0) is 16.0 Å². The highest BCUT2D eigenvalue weighted by Gasteiger charge is 2.39. The minimum atomic E-state index is -0.400. The van der Waals surface area contributed by atoms with Crippen LogP contribution in [0.2, 0.25) is 0 Å². The van der Waals surface area contributed by atoms with Crippen molar-refractivity contribution in [2.75, 3.05) is 11.4 Å². The van der Waals surface area contributed by atoms with Gasteiger partial charge in [0.25, 0.3) is 5.91 Å². The second-order valence-corrected chi connectivity index (χ2v) is 9.07. The summed E-state index contributed by atoms with van der Waals surface area (Å²) in [5, 5.41) is 3.75. The molecule has 4 atom stereocenters. The number of hydrogen-bond donors (Lipinski definition) is 1. The van der Waals surface area contributed by atoms with E-state index < -0.39 is 5.25 Å². The van der Waals surface area contributed by atoms with Crippen molar-refractivity contribution in [3.63, 3.8) is 0 Å². The van der Waals surface area contributed by atoms with Gasteiger partial charge in [-0.15, -0.1) is 0 Å². The number of nitrogens with zero attached hydrogens (tertiary/aromatic N) is 2. The number of amidine groups is 1. The molecule has 1 aromatic carbocycles. The zero-order valence-electron chi connectivity index (χ0n) is 15.1. The summed E-state index contributed by atoms with van der Waals surface area (Å²) in [5.41, 5.74) is 2.21. The number of nitrogens with one attached hydrogen (secondary N) is 1. The first-order valence-electron chi connectivity index (χ1n) is 9.80. The number of amides is 2. The van der Waals surface area contributed by atoms with Gasteiger partial charge in [0.2, 0.25) is 5.91 Å². The van der Waals surface area contributed by atoms with E-state index in [0.717, 1.165) is 31.5 Å². The lowest BCUT2D eigenvalue weighted by Crippen LogP contribution is -2.38. The Morgan fingerprint density at radius 2 is 2.15 bits per heavy atom. The van der Waals surface area contributed by atoms with Gasteiger partial charge in [0.05, 0.1) is 0 Å². The average molecular weight is 382 g/mol. The molecule has 2 aliphatic carbocycles. The van der Waals surface area contributed by atoms with Crippen LogP contribution >= 0.6 is 11.8 Å². The van der Waals surface area contributed by atoms with Gasteiger partial charge in [0.1, 0.15) is 5.25 Å². The van der Waals surface area contributed by atoms with E-state index in [9.17, 15) is 9.59 Å². The van der Waals surface area contributed by atoms with Crippen molar-refractivity contribution < 1.29 is 9.59 Å². The molecule has 2 bridgehead atoms. The van der Waals surface area contributed by atoms with Crippen LogP contribution in [0.15, 0.2) is 41.4 Å². The highest BCUT2D eigenvalue weighted by Crippen LogP contribution is 2.40. The Kier molecular flexibility index (Phi) is 4.31. The smallest absolute Gasteiger partial charge is 0.262 e. The number of carbonyl (C=O) groups is 2. The standard InChI is InChI=1S/C21H23N3O2S/c25-19(24-9-3-5-14-4-1-2-6-17(14)24)12-18-20(26)23-21(27-18)22-16-11-13-7-8-15(16)10-13/h1-2,4,6-8,13,15-16,18H,3,5,9-12H2,(H,22,23,26). The van der Waals surface area contributed by atoms with E-state index in [1.807, 2.05) is 23.1 Å². The third-order valence-corrected chi connectivity index (χ3v) is 7.19. The lowest BCUT2D eigenvalue weighted by atomic mass is 10.0. The molecule has 0 radical (unpaired) electrons. The van der Waals surface area contributed by atoms with Crippen molar-refractivity contribution in [2.45, 2.75) is 43.4 Å². The predicted octanol–water partition coefficient (Wildman–Crippen LogP) is 2.91. The van der Waals surface area contributed by atoms with E-state index in [-0.39, 0.29) is 18.2 Å². The molecule has 2 amide bonds. The second-order valence-electron chi connectivity index (χ2n) is 7.87. The van der Waals surface area contributed by atoms with Gasteiger partial charge in [-0.3, -0.25) is 9.59 Å². The average Bonchev–Trinajstić information content (AvgIpc) is 3.38. The van der Waals surface area contributed by atoms with Crippen molar-refractivity contribution in [3.05, 3.63) is 42.0 Å². The van der Waals surface area contributed by atoms with Crippen LogP contribution in [0, 0.1) is 11.8 Å². The number of fused-ring (bicyclic) bond motifs is 3. The molecule has 0 aromatic heterocycles. The van der Waals surface area contributed by atoms with Crippen LogP contribution < -0.4 is 10.2 Å². The maximum Gasteiger partial charge on any atom is 0.262 e. The van der Waals surface area contributed by atoms with Gasteiger partial charge in [-0.2, -0.15) is 4.99 Å². The van der Waals surface area contributed by atoms with Crippen molar-refractivity contribution in [2.24, 2.45) is 16.8 Å². The summed E-state index contributed by atoms with van der Waals surface area (Å²) >= 11 is 1.42. The molecule has 27 heavy (non-hydrogen) atoms. The second kappa shape index (κ2) is 6.82. The van der Waals surface area contributed by atoms with Crippen LogP contribution in [0.3, 0.4) is 0 Å². The van der Waals surface area contributed by atoms with E-state index in [2.05, 4.69) is 28.5 Å². The highest BCUT2D eigenvalue weighted by molar-refractivity contribution is 8.15. The molecule has 0 saturated heterocycles. The normalized spacial score (nSPS) is 31.2.